The molecule has 0 aromatic heterocycles. The summed E-state index contributed by atoms with van der Waals surface area (Å²) in [5.74, 6) is 0. The Morgan fingerprint density at radius 2 is 1.05 bits per heavy atom. The fourth-order valence-electron chi connectivity index (χ4n) is 2.29. The van der Waals surface area contributed by atoms with Gasteiger partial charge in [0.2, 0.25) is 0 Å². The molecule has 0 N–H and O–H groups in total. The average molecular weight is 455 g/mol. The molecule has 0 atom stereocenters. The quantitative estimate of drug-likeness (QED) is 0.275. The number of carbonyl (C=O) groups excluding carboxylic acids is 1. The first-order chi connectivity index (χ1) is 10.3. The molecule has 0 saturated heterocycles. The van der Waals surface area contributed by atoms with Crippen LogP contribution in [0.15, 0.2) is 24.3 Å². The number of rotatable bonds is 1. The normalized spacial score (nSPS) is 15.6. The van der Waals surface area contributed by atoms with Crippen LogP contribution in [0.3, 0.4) is 0 Å². The molecule has 0 heterocycles. The number of hydrogen-bond acceptors (Lipinski definition) is 1. The van der Waals surface area contributed by atoms with Crippen LogP contribution in [0.4, 0.5) is 0 Å². The van der Waals surface area contributed by atoms with Crippen LogP contribution in [0.1, 0.15) is 69.8 Å². The Morgan fingerprint density at radius 3 is 1.29 bits per heavy atom. The van der Waals surface area contributed by atoms with E-state index in [1.165, 1.54) is 83.6 Å². The second-order valence-electron chi connectivity index (χ2n) is 5.14. The summed E-state index contributed by atoms with van der Waals surface area (Å²) in [5, 5.41) is 0. The molecule has 1 aromatic carbocycles. The molecule has 0 spiro atoms. The summed E-state index contributed by atoms with van der Waals surface area (Å²) >= 11 is 3.66. The van der Waals surface area contributed by atoms with Gasteiger partial charge >= 0.3 is 28.7 Å². The third-order valence-electron chi connectivity index (χ3n) is 3.46. The van der Waals surface area contributed by atoms with E-state index in [1.807, 2.05) is 12.1 Å². The zero-order valence-corrected chi connectivity index (χ0v) is 17.0. The van der Waals surface area contributed by atoms with Gasteiger partial charge in [-0.25, -0.2) is 0 Å². The minimum absolute atomic E-state index is 0.607. The van der Waals surface area contributed by atoms with Gasteiger partial charge in [-0.15, -0.1) is 12.1 Å². The van der Waals surface area contributed by atoms with Gasteiger partial charge in [0.1, 0.15) is 0 Å². The fraction of sp³-hybridized carbons (Fsp3) is 0.588. The molecule has 114 valence electrons. The molecule has 0 aliphatic heterocycles. The van der Waals surface area contributed by atoms with Crippen molar-refractivity contribution in [3.63, 3.8) is 0 Å². The van der Waals surface area contributed by atoms with Crippen LogP contribution in [-0.4, -0.2) is 6.29 Å². The van der Waals surface area contributed by atoms with E-state index < -0.39 is 0 Å². The van der Waals surface area contributed by atoms with E-state index in [4.69, 9.17) is 0 Å². The van der Waals surface area contributed by atoms with Crippen LogP contribution in [0.25, 0.3) is 0 Å². The van der Waals surface area contributed by atoms with Gasteiger partial charge in [-0.3, -0.25) is 0 Å². The summed E-state index contributed by atoms with van der Waals surface area (Å²) in [6.07, 6.45) is 16.8. The Bertz CT molecular complexity index is 310. The molecular weight excluding hydrogens is 430 g/mol. The Morgan fingerprint density at radius 1 is 0.762 bits per heavy atom. The van der Waals surface area contributed by atoms with Crippen molar-refractivity contribution in [2.75, 3.05) is 0 Å². The predicted molar refractivity (Wildman–Crippen MR) is 96.0 cm³/mol. The molecule has 4 heteroatoms. The van der Waals surface area contributed by atoms with E-state index in [-0.39, 0.29) is 0 Å². The molecule has 0 unspecified atom stereocenters. The number of halogens is 2. The van der Waals surface area contributed by atoms with E-state index in [9.17, 15) is 4.79 Å². The molecule has 3 rings (SSSR count). The van der Waals surface area contributed by atoms with Crippen molar-refractivity contribution in [1.29, 1.82) is 0 Å². The zero-order chi connectivity index (χ0) is 15.8. The molecule has 0 amide bonds. The number of benzene rings is 1. The standard InChI is InChI=1S/C7H4IO.2C5H10.ClH.Ti/c8-7-3-1-6(5-9)2-4-7;2*1-2-4-5-3-1;;/h1-4H;2*1-5H2;1H;/q-1;;;;+4/p-1. The van der Waals surface area contributed by atoms with E-state index in [2.05, 4.69) is 31.9 Å². The van der Waals surface area contributed by atoms with Gasteiger partial charge < -0.3 is 4.79 Å². The molecule has 0 bridgehead atoms. The number of hydrogen-bond donors (Lipinski definition) is 0. The van der Waals surface area contributed by atoms with Gasteiger partial charge in [0, 0.05) is 0 Å². The van der Waals surface area contributed by atoms with Crippen molar-refractivity contribution in [2.24, 2.45) is 0 Å². The average Bonchev–Trinajstić information content (AvgIpc) is 3.28. The van der Waals surface area contributed by atoms with Crippen molar-refractivity contribution in [2.45, 2.75) is 64.2 Å². The van der Waals surface area contributed by atoms with Gasteiger partial charge in [-0.1, -0.05) is 64.2 Å². The first-order valence-electron chi connectivity index (χ1n) is 7.65. The van der Waals surface area contributed by atoms with Crippen LogP contribution in [0.2, 0.25) is 0 Å². The van der Waals surface area contributed by atoms with Crippen LogP contribution in [0.5, 0.6) is 0 Å². The van der Waals surface area contributed by atoms with Gasteiger partial charge in [0.15, 0.2) is 0 Å². The SMILES string of the molecule is C1CCCC1.C1CCCC1.O=[C-]c1ccc(I)cc1.[Cl][Ti+3]. The van der Waals surface area contributed by atoms with Gasteiger partial charge in [0.25, 0.3) is 0 Å². The van der Waals surface area contributed by atoms with E-state index in [1.54, 1.807) is 18.4 Å². The summed E-state index contributed by atoms with van der Waals surface area (Å²) < 4.78 is 1.13. The van der Waals surface area contributed by atoms with Crippen LogP contribution in [-0.2, 0) is 24.2 Å². The predicted octanol–water partition coefficient (Wildman–Crippen LogP) is 6.34. The van der Waals surface area contributed by atoms with Gasteiger partial charge in [0.05, 0.1) is 6.29 Å². The van der Waals surface area contributed by atoms with E-state index in [0.29, 0.717) is 5.56 Å². The maximum absolute atomic E-state index is 9.99. The third kappa shape index (κ3) is 14.0. The summed E-state index contributed by atoms with van der Waals surface area (Å²) in [6, 6.07) is 7.24. The first-order valence-corrected chi connectivity index (χ1v) is 10.9. The fourth-order valence-corrected chi connectivity index (χ4v) is 2.65. The zero-order valence-electron chi connectivity index (χ0n) is 12.5. The van der Waals surface area contributed by atoms with Crippen LogP contribution in [0, 0.1) is 3.57 Å². The van der Waals surface area contributed by atoms with E-state index >= 15 is 0 Å². The minimum atomic E-state index is 0.607. The molecule has 21 heavy (non-hydrogen) atoms. The molecule has 0 radical (unpaired) electrons. The Labute approximate surface area is 159 Å². The summed E-state index contributed by atoms with van der Waals surface area (Å²) in [6.45, 7) is 0. The molecule has 2 fully saturated rings. The maximum atomic E-state index is 9.99. The molecular formula is C17H24ClIOTi+2. The van der Waals surface area contributed by atoms with Crippen LogP contribution < -0.4 is 0 Å². The van der Waals surface area contributed by atoms with Crippen molar-refractivity contribution in [3.05, 3.63) is 33.4 Å². The van der Waals surface area contributed by atoms with Crippen molar-refractivity contribution in [1.82, 2.24) is 0 Å². The Kier molecular flexibility index (Phi) is 17.5. The van der Waals surface area contributed by atoms with Gasteiger partial charge in [-0.2, -0.15) is 17.7 Å². The van der Waals surface area contributed by atoms with Crippen molar-refractivity contribution < 1.29 is 24.2 Å². The van der Waals surface area contributed by atoms with Crippen LogP contribution >= 0.6 is 31.9 Å². The molecule has 1 nitrogen and oxygen atoms in total. The second kappa shape index (κ2) is 17.0. The van der Waals surface area contributed by atoms with Crippen molar-refractivity contribution in [3.8, 4) is 0 Å². The third-order valence-corrected chi connectivity index (χ3v) is 4.18. The summed E-state index contributed by atoms with van der Waals surface area (Å²) in [7, 11) is 4.64. The summed E-state index contributed by atoms with van der Waals surface area (Å²) in [4.78, 5) is 9.99. The first kappa shape index (κ1) is 21.6. The van der Waals surface area contributed by atoms with Gasteiger partial charge in [-0.05, 0) is 26.2 Å². The second-order valence-corrected chi connectivity index (χ2v) is 6.39. The molecule has 2 saturated carbocycles. The summed E-state index contributed by atoms with van der Waals surface area (Å²) in [5.41, 5.74) is 0.607. The topological polar surface area (TPSA) is 17.1 Å². The Hall–Kier alpha value is 0.624. The molecule has 1 aromatic rings. The monoisotopic (exact) mass is 454 g/mol. The molecule has 2 aliphatic rings. The van der Waals surface area contributed by atoms with Crippen molar-refractivity contribution >= 4 is 38.2 Å². The van der Waals surface area contributed by atoms with E-state index in [0.717, 1.165) is 3.57 Å². The molecule has 2 aliphatic carbocycles. The Balaban J connectivity index is 0.000000286.